The Hall–Kier alpha value is -4.21. The third-order valence-corrected chi connectivity index (χ3v) is 4.14. The van der Waals surface area contributed by atoms with Gasteiger partial charge in [-0.1, -0.05) is 0 Å². The van der Waals surface area contributed by atoms with E-state index < -0.39 is 51.6 Å². The van der Waals surface area contributed by atoms with Crippen LogP contribution in [-0.2, 0) is 20.0 Å². The van der Waals surface area contributed by atoms with Gasteiger partial charge in [0.15, 0.2) is 17.5 Å². The second kappa shape index (κ2) is 9.51. The van der Waals surface area contributed by atoms with Crippen LogP contribution in [0.1, 0.15) is 16.9 Å². The Bertz CT molecular complexity index is 1330. The van der Waals surface area contributed by atoms with E-state index in [1.54, 1.807) is 0 Å². The van der Waals surface area contributed by atoms with Crippen molar-refractivity contribution in [1.29, 1.82) is 0 Å². The predicted molar refractivity (Wildman–Crippen MR) is 111 cm³/mol. The van der Waals surface area contributed by atoms with Crippen LogP contribution in [0.3, 0.4) is 0 Å². The standard InChI is InChI=1S/C18H14N2O8.H2O4S/c21-14-6-9-5-13(18(27)28)20(12(9)7-15(14)22)2-1-8-3-10(16(23)24)19-11(4-8)17(25)26;1-5(2,3)4/h1-3,5-7,11,21-22H,4H2,(H,23,24)(H,25,26)(H,27,28);(H2,1,2,3,4). The minimum Gasteiger partial charge on any atom is -0.504 e. The number of allylic oxidation sites excluding steroid dienone is 1. The van der Waals surface area contributed by atoms with Gasteiger partial charge >= 0.3 is 28.3 Å². The third-order valence-electron chi connectivity index (χ3n) is 4.14. The summed E-state index contributed by atoms with van der Waals surface area (Å²) < 4.78 is 32.8. The van der Waals surface area contributed by atoms with Crippen LogP contribution in [0.2, 0.25) is 0 Å². The highest BCUT2D eigenvalue weighted by molar-refractivity contribution is 7.79. The van der Waals surface area contributed by atoms with Gasteiger partial charge in [-0.2, -0.15) is 8.42 Å². The summed E-state index contributed by atoms with van der Waals surface area (Å²) in [4.78, 5) is 37.5. The molecule has 1 aliphatic heterocycles. The van der Waals surface area contributed by atoms with E-state index in [0.717, 1.165) is 0 Å². The number of phenols is 2. The summed E-state index contributed by atoms with van der Waals surface area (Å²) in [7, 11) is -4.67. The number of aromatic hydroxyl groups is 2. The van der Waals surface area contributed by atoms with Gasteiger partial charge in [-0.15, -0.1) is 0 Å². The second-order valence-electron chi connectivity index (χ2n) is 6.46. The van der Waals surface area contributed by atoms with Crippen molar-refractivity contribution in [2.75, 3.05) is 0 Å². The van der Waals surface area contributed by atoms with Gasteiger partial charge in [0.1, 0.15) is 11.4 Å². The van der Waals surface area contributed by atoms with Gasteiger partial charge in [-0.05, 0) is 29.9 Å². The normalized spacial score (nSPS) is 16.0. The molecule has 0 bridgehead atoms. The first-order chi connectivity index (χ1) is 15.2. The number of phenolic OH excluding ortho intramolecular Hbond substituents is 2. The lowest BCUT2D eigenvalue weighted by molar-refractivity contribution is -0.138. The lowest BCUT2D eigenvalue weighted by Gasteiger charge is -2.14. The molecule has 0 aliphatic carbocycles. The largest absolute Gasteiger partial charge is 0.504 e. The fraction of sp³-hybridized carbons (Fsp3) is 0.111. The van der Waals surface area contributed by atoms with Gasteiger partial charge in [0.05, 0.1) is 5.52 Å². The number of carboxylic acid groups (broad SMARTS) is 3. The number of aliphatic imine (C=N–C) groups is 1. The Labute approximate surface area is 184 Å². The lowest BCUT2D eigenvalue weighted by atomic mass is 10.0. The van der Waals surface area contributed by atoms with Crippen LogP contribution in [0, 0.1) is 0 Å². The molecule has 33 heavy (non-hydrogen) atoms. The Morgan fingerprint density at radius 3 is 2.09 bits per heavy atom. The summed E-state index contributed by atoms with van der Waals surface area (Å²) in [6.07, 6.45) is 3.82. The molecule has 0 spiro atoms. The predicted octanol–water partition coefficient (Wildman–Crippen LogP) is 0.877. The van der Waals surface area contributed by atoms with Crippen LogP contribution in [0.5, 0.6) is 11.5 Å². The molecule has 2 heterocycles. The molecule has 14 nitrogen and oxygen atoms in total. The minimum atomic E-state index is -4.67. The van der Waals surface area contributed by atoms with E-state index in [0.29, 0.717) is 11.0 Å². The molecule has 1 aliphatic rings. The highest BCUT2D eigenvalue weighted by atomic mass is 32.3. The number of dihydropyridines is 1. The quantitative estimate of drug-likeness (QED) is 0.231. The van der Waals surface area contributed by atoms with Crippen molar-refractivity contribution in [2.24, 2.45) is 4.99 Å². The molecule has 1 aromatic carbocycles. The monoisotopic (exact) mass is 484 g/mol. The van der Waals surface area contributed by atoms with E-state index in [9.17, 15) is 29.7 Å². The van der Waals surface area contributed by atoms with E-state index in [4.69, 9.17) is 27.7 Å². The summed E-state index contributed by atoms with van der Waals surface area (Å²) >= 11 is 0. The van der Waals surface area contributed by atoms with Crippen LogP contribution in [0.25, 0.3) is 17.1 Å². The third kappa shape index (κ3) is 6.63. The van der Waals surface area contributed by atoms with Gasteiger partial charge in [0.2, 0.25) is 0 Å². The number of hydrogen-bond donors (Lipinski definition) is 7. The summed E-state index contributed by atoms with van der Waals surface area (Å²) in [5.74, 6) is -4.79. The average molecular weight is 484 g/mol. The van der Waals surface area contributed by atoms with Crippen molar-refractivity contribution < 1.29 is 57.4 Å². The summed E-state index contributed by atoms with van der Waals surface area (Å²) in [6.45, 7) is 0. The highest BCUT2D eigenvalue weighted by Crippen LogP contribution is 2.32. The Morgan fingerprint density at radius 1 is 1.00 bits per heavy atom. The van der Waals surface area contributed by atoms with Crippen molar-refractivity contribution in [1.82, 2.24) is 4.57 Å². The first-order valence-corrected chi connectivity index (χ1v) is 9.99. The van der Waals surface area contributed by atoms with E-state index in [2.05, 4.69) is 4.99 Å². The van der Waals surface area contributed by atoms with Crippen molar-refractivity contribution >= 4 is 51.1 Å². The molecule has 1 aromatic heterocycles. The number of nitrogens with zero attached hydrogens (tertiary/aromatic N) is 2. The molecular formula is C18H16N2O12S. The Morgan fingerprint density at radius 2 is 1.58 bits per heavy atom. The molecule has 0 saturated heterocycles. The molecule has 2 aromatic rings. The van der Waals surface area contributed by atoms with Gasteiger partial charge < -0.3 is 30.1 Å². The number of benzene rings is 1. The Kier molecular flexibility index (Phi) is 7.22. The number of aromatic carboxylic acids is 1. The molecule has 1 unspecified atom stereocenters. The van der Waals surface area contributed by atoms with Crippen molar-refractivity contribution in [2.45, 2.75) is 12.5 Å². The first kappa shape index (κ1) is 25.1. The summed E-state index contributed by atoms with van der Waals surface area (Å²) in [5.41, 5.74) is 0.00881. The maximum absolute atomic E-state index is 11.5. The molecule has 0 radical (unpaired) electrons. The van der Waals surface area contributed by atoms with Crippen LogP contribution >= 0.6 is 0 Å². The number of carbonyl (C=O) groups is 3. The van der Waals surface area contributed by atoms with Crippen molar-refractivity contribution in [3.63, 3.8) is 0 Å². The maximum Gasteiger partial charge on any atom is 0.394 e. The Balaban J connectivity index is 0.000000696. The number of aromatic nitrogens is 1. The molecule has 15 heteroatoms. The van der Waals surface area contributed by atoms with Crippen LogP contribution in [0.4, 0.5) is 0 Å². The van der Waals surface area contributed by atoms with Crippen molar-refractivity contribution in [3.05, 3.63) is 41.6 Å². The molecule has 7 N–H and O–H groups in total. The van der Waals surface area contributed by atoms with E-state index in [1.165, 1.54) is 41.1 Å². The first-order valence-electron chi connectivity index (χ1n) is 8.60. The van der Waals surface area contributed by atoms with Crippen LogP contribution in [-0.4, -0.2) is 77.3 Å². The van der Waals surface area contributed by atoms with Gasteiger partial charge in [-0.3, -0.25) is 14.1 Å². The van der Waals surface area contributed by atoms with Gasteiger partial charge in [0, 0.05) is 24.1 Å². The smallest absolute Gasteiger partial charge is 0.394 e. The summed E-state index contributed by atoms with van der Waals surface area (Å²) in [5, 5.41) is 47.3. The molecule has 0 amide bonds. The minimum absolute atomic E-state index is 0.0732. The zero-order valence-electron chi connectivity index (χ0n) is 16.2. The SMILES string of the molecule is O=C(O)C1=NC(C(=O)O)CC(C=Cn2c(C(=O)O)cc3cc(O)c(O)cc32)=C1.O=S(=O)(O)O. The molecule has 3 rings (SSSR count). The van der Waals surface area contributed by atoms with Gasteiger partial charge in [0.25, 0.3) is 0 Å². The number of hydrogen-bond acceptors (Lipinski definition) is 8. The van der Waals surface area contributed by atoms with Crippen molar-refractivity contribution in [3.8, 4) is 11.5 Å². The zero-order valence-corrected chi connectivity index (χ0v) is 17.0. The highest BCUT2D eigenvalue weighted by Gasteiger charge is 2.24. The molecule has 0 saturated carbocycles. The lowest BCUT2D eigenvalue weighted by Crippen LogP contribution is -2.26. The van der Waals surface area contributed by atoms with E-state index in [1.807, 2.05) is 0 Å². The van der Waals surface area contributed by atoms with Gasteiger partial charge in [-0.25, -0.2) is 14.4 Å². The number of carboxylic acids is 3. The molecule has 1 atom stereocenters. The fourth-order valence-electron chi connectivity index (χ4n) is 2.83. The van der Waals surface area contributed by atoms with E-state index in [-0.39, 0.29) is 17.6 Å². The topological polar surface area (TPSA) is 244 Å². The second-order valence-corrected chi connectivity index (χ2v) is 7.36. The maximum atomic E-state index is 11.5. The van der Waals surface area contributed by atoms with Crippen LogP contribution in [0.15, 0.2) is 40.9 Å². The zero-order chi connectivity index (χ0) is 25.1. The summed E-state index contributed by atoms with van der Waals surface area (Å²) in [6, 6.07) is 2.41. The molecular weight excluding hydrogens is 468 g/mol. The number of rotatable bonds is 5. The van der Waals surface area contributed by atoms with E-state index >= 15 is 0 Å². The molecule has 176 valence electrons. The number of aliphatic carboxylic acids is 2. The van der Waals surface area contributed by atoms with Crippen LogP contribution < -0.4 is 0 Å². The molecule has 0 fully saturated rings. The average Bonchev–Trinajstić information content (AvgIpc) is 3.02. The fourth-order valence-corrected chi connectivity index (χ4v) is 2.83. The number of fused-ring (bicyclic) bond motifs is 1.